The predicted octanol–water partition coefficient (Wildman–Crippen LogP) is 2.36. The van der Waals surface area contributed by atoms with Crippen LogP contribution in [0.5, 0.6) is 0 Å². The number of likely N-dealkylation sites (tertiary alicyclic amines) is 1. The second-order valence-electron chi connectivity index (χ2n) is 5.19. The fourth-order valence-electron chi connectivity index (χ4n) is 2.46. The summed E-state index contributed by atoms with van der Waals surface area (Å²) in [6, 6.07) is 4.92. The van der Waals surface area contributed by atoms with E-state index < -0.39 is 0 Å². The summed E-state index contributed by atoms with van der Waals surface area (Å²) in [5.74, 6) is -0.265. The first-order valence-electron chi connectivity index (χ1n) is 7.04. The molecule has 1 fully saturated rings. The first-order valence-corrected chi connectivity index (χ1v) is 7.79. The zero-order chi connectivity index (χ0) is 16.1. The predicted molar refractivity (Wildman–Crippen MR) is 85.4 cm³/mol. The number of hydrogen-bond acceptors (Lipinski definition) is 3. The van der Waals surface area contributed by atoms with Gasteiger partial charge in [0.15, 0.2) is 0 Å². The van der Waals surface area contributed by atoms with Gasteiger partial charge in [0.1, 0.15) is 6.61 Å². The van der Waals surface area contributed by atoms with Gasteiger partial charge in [-0.25, -0.2) is 0 Å². The van der Waals surface area contributed by atoms with E-state index in [2.05, 4.69) is 5.32 Å². The van der Waals surface area contributed by atoms with Crippen molar-refractivity contribution in [2.75, 3.05) is 26.8 Å². The van der Waals surface area contributed by atoms with Gasteiger partial charge in [-0.2, -0.15) is 0 Å². The van der Waals surface area contributed by atoms with Crippen molar-refractivity contribution in [1.29, 1.82) is 0 Å². The van der Waals surface area contributed by atoms with Crippen LogP contribution in [0.3, 0.4) is 0 Å². The summed E-state index contributed by atoms with van der Waals surface area (Å²) in [6.07, 6.45) is 1.42. The van der Waals surface area contributed by atoms with Crippen LogP contribution in [0.4, 0.5) is 0 Å². The van der Waals surface area contributed by atoms with Crippen LogP contribution < -0.4 is 5.32 Å². The van der Waals surface area contributed by atoms with Crippen LogP contribution in [0.15, 0.2) is 18.2 Å². The fourth-order valence-corrected chi connectivity index (χ4v) is 2.83. The molecule has 1 aliphatic heterocycles. The van der Waals surface area contributed by atoms with Crippen molar-refractivity contribution in [2.45, 2.75) is 18.9 Å². The Bertz CT molecular complexity index is 558. The minimum atomic E-state index is -0.134. The number of methoxy groups -OCH3 is 1. The molecule has 1 heterocycles. The monoisotopic (exact) mass is 344 g/mol. The molecule has 2 amide bonds. The Hall–Kier alpha value is -1.30. The van der Waals surface area contributed by atoms with Gasteiger partial charge in [0.2, 0.25) is 5.91 Å². The molecule has 1 aliphatic rings. The van der Waals surface area contributed by atoms with Crippen molar-refractivity contribution in [1.82, 2.24) is 10.2 Å². The summed E-state index contributed by atoms with van der Waals surface area (Å²) < 4.78 is 4.78. The van der Waals surface area contributed by atoms with Gasteiger partial charge in [-0.3, -0.25) is 9.59 Å². The third-order valence-corrected chi connectivity index (χ3v) is 4.15. The molecule has 2 rings (SSSR count). The molecule has 0 bridgehead atoms. The summed E-state index contributed by atoms with van der Waals surface area (Å²) in [4.78, 5) is 25.7. The number of carbonyl (C=O) groups excluding carboxylic acids is 2. The van der Waals surface area contributed by atoms with Crippen molar-refractivity contribution in [3.8, 4) is 0 Å². The lowest BCUT2D eigenvalue weighted by atomic mass is 10.0. The van der Waals surface area contributed by atoms with E-state index in [1.807, 2.05) is 0 Å². The minimum absolute atomic E-state index is 0.0528. The standard InChI is InChI=1S/C15H18Cl2N2O3/c1-22-9-14(20)18-11-4-6-19(7-5-11)15(21)12-8-10(16)2-3-13(12)17/h2-3,8,11H,4-7,9H2,1H3,(H,18,20). The Labute approximate surface area is 139 Å². The third kappa shape index (κ3) is 4.35. The average molecular weight is 345 g/mol. The van der Waals surface area contributed by atoms with Gasteiger partial charge >= 0.3 is 0 Å². The number of nitrogens with zero attached hydrogens (tertiary/aromatic N) is 1. The molecule has 1 saturated heterocycles. The molecular weight excluding hydrogens is 327 g/mol. The lowest BCUT2D eigenvalue weighted by Gasteiger charge is -2.32. The number of ether oxygens (including phenoxy) is 1. The lowest BCUT2D eigenvalue weighted by Crippen LogP contribution is -2.47. The first-order chi connectivity index (χ1) is 10.5. The molecule has 0 unspecified atom stereocenters. The number of rotatable bonds is 4. The Morgan fingerprint density at radius 2 is 2.00 bits per heavy atom. The van der Waals surface area contributed by atoms with Gasteiger partial charge in [0.25, 0.3) is 5.91 Å². The van der Waals surface area contributed by atoms with Crippen LogP contribution in [0, 0.1) is 0 Å². The van der Waals surface area contributed by atoms with Crippen LogP contribution in [0.2, 0.25) is 10.0 Å². The van der Waals surface area contributed by atoms with Gasteiger partial charge in [0, 0.05) is 31.3 Å². The van der Waals surface area contributed by atoms with E-state index in [4.69, 9.17) is 27.9 Å². The van der Waals surface area contributed by atoms with Gasteiger partial charge in [-0.05, 0) is 31.0 Å². The van der Waals surface area contributed by atoms with Gasteiger partial charge in [-0.1, -0.05) is 23.2 Å². The number of benzene rings is 1. The highest BCUT2D eigenvalue weighted by Crippen LogP contribution is 2.23. The SMILES string of the molecule is COCC(=O)NC1CCN(C(=O)c2cc(Cl)ccc2Cl)CC1. The van der Waals surface area contributed by atoms with Crippen molar-refractivity contribution < 1.29 is 14.3 Å². The number of amides is 2. The number of hydrogen-bond donors (Lipinski definition) is 1. The summed E-state index contributed by atoms with van der Waals surface area (Å²) in [5.41, 5.74) is 0.413. The molecule has 0 aromatic heterocycles. The maximum absolute atomic E-state index is 12.5. The van der Waals surface area contributed by atoms with Gasteiger partial charge in [0.05, 0.1) is 10.6 Å². The fraction of sp³-hybridized carbons (Fsp3) is 0.467. The Balaban J connectivity index is 1.92. The first kappa shape index (κ1) is 17.1. The summed E-state index contributed by atoms with van der Waals surface area (Å²) in [6.45, 7) is 1.19. The van der Waals surface area contributed by atoms with Gasteiger partial charge < -0.3 is 15.0 Å². The summed E-state index contributed by atoms with van der Waals surface area (Å²) in [7, 11) is 1.48. The second kappa shape index (κ2) is 7.81. The van der Waals surface area contributed by atoms with Crippen LogP contribution in [-0.2, 0) is 9.53 Å². The van der Waals surface area contributed by atoms with Crippen LogP contribution in [0.25, 0.3) is 0 Å². The number of halogens is 2. The number of carbonyl (C=O) groups is 2. The second-order valence-corrected chi connectivity index (χ2v) is 6.03. The van der Waals surface area contributed by atoms with Crippen molar-refractivity contribution >= 4 is 35.0 Å². The van der Waals surface area contributed by atoms with E-state index >= 15 is 0 Å². The van der Waals surface area contributed by atoms with Crippen molar-refractivity contribution in [2.24, 2.45) is 0 Å². The molecule has 120 valence electrons. The van der Waals surface area contributed by atoms with E-state index in [1.54, 1.807) is 23.1 Å². The largest absolute Gasteiger partial charge is 0.375 e. The summed E-state index contributed by atoms with van der Waals surface area (Å²) >= 11 is 12.0. The molecule has 0 atom stereocenters. The molecule has 5 nitrogen and oxygen atoms in total. The van der Waals surface area contributed by atoms with E-state index in [9.17, 15) is 9.59 Å². The Morgan fingerprint density at radius 3 is 2.64 bits per heavy atom. The minimum Gasteiger partial charge on any atom is -0.375 e. The smallest absolute Gasteiger partial charge is 0.255 e. The molecule has 1 N–H and O–H groups in total. The van der Waals surface area contributed by atoms with Crippen LogP contribution in [0.1, 0.15) is 23.2 Å². The van der Waals surface area contributed by atoms with Crippen molar-refractivity contribution in [3.05, 3.63) is 33.8 Å². The lowest BCUT2D eigenvalue weighted by molar-refractivity contribution is -0.125. The normalized spacial score (nSPS) is 15.7. The maximum Gasteiger partial charge on any atom is 0.255 e. The molecular formula is C15H18Cl2N2O3. The molecule has 0 radical (unpaired) electrons. The quantitative estimate of drug-likeness (QED) is 0.911. The molecule has 7 heteroatoms. The van der Waals surface area contributed by atoms with Crippen LogP contribution >= 0.6 is 23.2 Å². The molecule has 0 saturated carbocycles. The maximum atomic E-state index is 12.5. The number of nitrogens with one attached hydrogen (secondary N) is 1. The zero-order valence-electron chi connectivity index (χ0n) is 12.3. The molecule has 1 aromatic carbocycles. The Kier molecular flexibility index (Phi) is 6.06. The molecule has 0 spiro atoms. The van der Waals surface area contributed by atoms with E-state index in [-0.39, 0.29) is 24.5 Å². The zero-order valence-corrected chi connectivity index (χ0v) is 13.8. The highest BCUT2D eigenvalue weighted by molar-refractivity contribution is 6.35. The molecule has 22 heavy (non-hydrogen) atoms. The topological polar surface area (TPSA) is 58.6 Å². The molecule has 0 aliphatic carbocycles. The van der Waals surface area contributed by atoms with E-state index in [0.29, 0.717) is 41.5 Å². The average Bonchev–Trinajstić information content (AvgIpc) is 2.50. The third-order valence-electron chi connectivity index (χ3n) is 3.58. The van der Waals surface area contributed by atoms with E-state index in [1.165, 1.54) is 7.11 Å². The summed E-state index contributed by atoms with van der Waals surface area (Å²) in [5, 5.41) is 3.76. The highest BCUT2D eigenvalue weighted by atomic mass is 35.5. The van der Waals surface area contributed by atoms with Gasteiger partial charge in [-0.15, -0.1) is 0 Å². The number of piperidine rings is 1. The Morgan fingerprint density at radius 1 is 1.32 bits per heavy atom. The van der Waals surface area contributed by atoms with Crippen molar-refractivity contribution in [3.63, 3.8) is 0 Å². The molecule has 1 aromatic rings. The van der Waals surface area contributed by atoms with Crippen LogP contribution in [-0.4, -0.2) is 49.6 Å². The van der Waals surface area contributed by atoms with E-state index in [0.717, 1.165) is 0 Å². The highest BCUT2D eigenvalue weighted by Gasteiger charge is 2.25.